The molecule has 3 nitrogen and oxygen atoms in total. The summed E-state index contributed by atoms with van der Waals surface area (Å²) in [7, 11) is 1.77. The molecule has 1 fully saturated rings. The summed E-state index contributed by atoms with van der Waals surface area (Å²) in [5, 5.41) is 2.47. The highest BCUT2D eigenvalue weighted by molar-refractivity contribution is 6.66. The van der Waals surface area contributed by atoms with Gasteiger partial charge in [0.2, 0.25) is 0 Å². The van der Waals surface area contributed by atoms with Gasteiger partial charge in [0.1, 0.15) is 0 Å². The van der Waals surface area contributed by atoms with E-state index in [-0.39, 0.29) is 18.3 Å². The Morgan fingerprint density at radius 2 is 1.43 bits per heavy atom. The number of aromatic nitrogens is 1. The van der Waals surface area contributed by atoms with Crippen molar-refractivity contribution in [1.82, 2.24) is 4.57 Å². The zero-order valence-electron chi connectivity index (χ0n) is 14.4. The molecule has 3 aromatic rings. The van der Waals surface area contributed by atoms with Crippen molar-refractivity contribution in [1.29, 1.82) is 0 Å². The maximum Gasteiger partial charge on any atom is 0.495 e. The number of hydrogen-bond acceptors (Lipinski definition) is 2. The van der Waals surface area contributed by atoms with E-state index in [2.05, 4.69) is 81.8 Å². The third-order valence-electron chi connectivity index (χ3n) is 5.48. The molecule has 2 aromatic carbocycles. The zero-order chi connectivity index (χ0) is 16.4. The van der Waals surface area contributed by atoms with Gasteiger partial charge >= 0.3 is 7.12 Å². The van der Waals surface area contributed by atoms with Crippen LogP contribution in [0.5, 0.6) is 0 Å². The predicted octanol–water partition coefficient (Wildman–Crippen LogP) is 3.63. The first-order valence-electron chi connectivity index (χ1n) is 8.13. The standard InChI is InChI=1S/C19H22BNO2/c1-18(2)19(3,4)23-20(22-18)14-10-8-12-16-17(14)13-9-6-7-11-15(13)21(16)5/h6-12H,1-5H3. The Hall–Kier alpha value is -1.78. The van der Waals surface area contributed by atoms with E-state index < -0.39 is 0 Å². The first kappa shape index (κ1) is 14.8. The lowest BCUT2D eigenvalue weighted by Crippen LogP contribution is -2.41. The third kappa shape index (κ3) is 1.98. The van der Waals surface area contributed by atoms with Crippen LogP contribution in [0, 0.1) is 0 Å². The fourth-order valence-corrected chi connectivity index (χ4v) is 3.40. The smallest absolute Gasteiger partial charge is 0.399 e. The molecule has 4 rings (SSSR count). The van der Waals surface area contributed by atoms with Crippen LogP contribution in [0.25, 0.3) is 21.8 Å². The molecule has 0 unspecified atom stereocenters. The Balaban J connectivity index is 1.97. The van der Waals surface area contributed by atoms with Crippen molar-refractivity contribution >= 4 is 34.4 Å². The predicted molar refractivity (Wildman–Crippen MR) is 96.1 cm³/mol. The molecule has 118 valence electrons. The van der Waals surface area contributed by atoms with Gasteiger partial charge in [-0.05, 0) is 45.3 Å². The Bertz CT molecular complexity index is 894. The molecular weight excluding hydrogens is 285 g/mol. The minimum Gasteiger partial charge on any atom is -0.399 e. The van der Waals surface area contributed by atoms with Gasteiger partial charge in [0.25, 0.3) is 0 Å². The number of rotatable bonds is 1. The second-order valence-corrected chi connectivity index (χ2v) is 7.41. The highest BCUT2D eigenvalue weighted by Gasteiger charge is 2.52. The lowest BCUT2D eigenvalue weighted by molar-refractivity contribution is 0.00578. The number of hydrogen-bond donors (Lipinski definition) is 0. The quantitative estimate of drug-likeness (QED) is 0.641. The van der Waals surface area contributed by atoms with Crippen molar-refractivity contribution in [2.75, 3.05) is 0 Å². The Labute approximate surface area is 137 Å². The number of aryl methyl sites for hydroxylation is 1. The van der Waals surface area contributed by atoms with Gasteiger partial charge in [-0.2, -0.15) is 0 Å². The van der Waals surface area contributed by atoms with Crippen LogP contribution in [0.4, 0.5) is 0 Å². The molecule has 2 heterocycles. The lowest BCUT2D eigenvalue weighted by atomic mass is 9.76. The van der Waals surface area contributed by atoms with Crippen LogP contribution in [0.15, 0.2) is 42.5 Å². The minimum atomic E-state index is -0.338. The van der Waals surface area contributed by atoms with Gasteiger partial charge in [-0.25, -0.2) is 0 Å². The highest BCUT2D eigenvalue weighted by Crippen LogP contribution is 2.37. The Morgan fingerprint density at radius 1 is 0.826 bits per heavy atom. The summed E-state index contributed by atoms with van der Waals surface area (Å²) in [5.41, 5.74) is 2.89. The molecule has 1 aromatic heterocycles. The van der Waals surface area contributed by atoms with Crippen LogP contribution in [-0.2, 0) is 16.4 Å². The summed E-state index contributed by atoms with van der Waals surface area (Å²) in [6.07, 6.45) is 0. The van der Waals surface area contributed by atoms with Crippen LogP contribution in [0.3, 0.4) is 0 Å². The maximum absolute atomic E-state index is 6.28. The molecule has 0 spiro atoms. The molecule has 1 aliphatic rings. The Kier molecular flexibility index (Phi) is 2.97. The molecule has 0 bridgehead atoms. The number of nitrogens with zero attached hydrogens (tertiary/aromatic N) is 1. The molecular formula is C19H22BNO2. The van der Waals surface area contributed by atoms with E-state index in [1.165, 1.54) is 21.8 Å². The van der Waals surface area contributed by atoms with Crippen molar-refractivity contribution in [2.24, 2.45) is 7.05 Å². The molecule has 4 heteroatoms. The van der Waals surface area contributed by atoms with Gasteiger partial charge in [-0.3, -0.25) is 0 Å². The number of fused-ring (bicyclic) bond motifs is 3. The summed E-state index contributed by atoms with van der Waals surface area (Å²) >= 11 is 0. The Morgan fingerprint density at radius 3 is 2.13 bits per heavy atom. The van der Waals surface area contributed by atoms with Crippen molar-refractivity contribution in [3.8, 4) is 0 Å². The van der Waals surface area contributed by atoms with Crippen LogP contribution < -0.4 is 5.46 Å². The van der Waals surface area contributed by atoms with Crippen LogP contribution in [0.1, 0.15) is 27.7 Å². The van der Waals surface area contributed by atoms with Crippen molar-refractivity contribution in [3.63, 3.8) is 0 Å². The fourth-order valence-electron chi connectivity index (χ4n) is 3.40. The number of benzene rings is 2. The van der Waals surface area contributed by atoms with E-state index in [1.54, 1.807) is 0 Å². The molecule has 0 radical (unpaired) electrons. The molecule has 0 N–H and O–H groups in total. The van der Waals surface area contributed by atoms with Gasteiger partial charge in [0, 0.05) is 28.9 Å². The fraction of sp³-hybridized carbons (Fsp3) is 0.368. The van der Waals surface area contributed by atoms with Gasteiger partial charge < -0.3 is 13.9 Å². The zero-order valence-corrected chi connectivity index (χ0v) is 14.4. The summed E-state index contributed by atoms with van der Waals surface area (Å²) in [6, 6.07) is 14.9. The second-order valence-electron chi connectivity index (χ2n) is 7.41. The van der Waals surface area contributed by atoms with Crippen molar-refractivity contribution in [2.45, 2.75) is 38.9 Å². The van der Waals surface area contributed by atoms with E-state index >= 15 is 0 Å². The summed E-state index contributed by atoms with van der Waals surface area (Å²) < 4.78 is 14.8. The molecule has 1 aliphatic heterocycles. The van der Waals surface area contributed by atoms with E-state index in [9.17, 15) is 0 Å². The molecule has 0 saturated carbocycles. The van der Waals surface area contributed by atoms with Crippen molar-refractivity contribution in [3.05, 3.63) is 42.5 Å². The lowest BCUT2D eigenvalue weighted by Gasteiger charge is -2.32. The van der Waals surface area contributed by atoms with Crippen LogP contribution in [0.2, 0.25) is 0 Å². The molecule has 0 atom stereocenters. The van der Waals surface area contributed by atoms with Gasteiger partial charge in [0.05, 0.1) is 11.2 Å². The largest absolute Gasteiger partial charge is 0.495 e. The maximum atomic E-state index is 6.28. The molecule has 0 aliphatic carbocycles. The summed E-state index contributed by atoms with van der Waals surface area (Å²) in [4.78, 5) is 0. The summed E-state index contributed by atoms with van der Waals surface area (Å²) in [5.74, 6) is 0. The van der Waals surface area contributed by atoms with Crippen LogP contribution >= 0.6 is 0 Å². The van der Waals surface area contributed by atoms with Gasteiger partial charge in [-0.1, -0.05) is 30.3 Å². The topological polar surface area (TPSA) is 23.4 Å². The average Bonchev–Trinajstić information content (AvgIpc) is 2.91. The molecule has 1 saturated heterocycles. The normalized spacial score (nSPS) is 19.8. The first-order valence-corrected chi connectivity index (χ1v) is 8.13. The number of para-hydroxylation sites is 1. The van der Waals surface area contributed by atoms with E-state index in [0.717, 1.165) is 5.46 Å². The van der Waals surface area contributed by atoms with Gasteiger partial charge in [-0.15, -0.1) is 0 Å². The monoisotopic (exact) mass is 307 g/mol. The summed E-state index contributed by atoms with van der Waals surface area (Å²) in [6.45, 7) is 8.37. The van der Waals surface area contributed by atoms with E-state index in [0.29, 0.717) is 0 Å². The minimum absolute atomic E-state index is 0.329. The first-order chi connectivity index (χ1) is 10.8. The highest BCUT2D eigenvalue weighted by atomic mass is 16.7. The van der Waals surface area contributed by atoms with Gasteiger partial charge in [0.15, 0.2) is 0 Å². The van der Waals surface area contributed by atoms with Crippen molar-refractivity contribution < 1.29 is 9.31 Å². The second kappa shape index (κ2) is 4.62. The van der Waals surface area contributed by atoms with E-state index in [1.807, 2.05) is 0 Å². The SMILES string of the molecule is Cn1c2ccccc2c2c(B3OC(C)(C)C(C)(C)O3)cccc21. The molecule has 23 heavy (non-hydrogen) atoms. The average molecular weight is 307 g/mol. The van der Waals surface area contributed by atoms with Crippen LogP contribution in [-0.4, -0.2) is 22.9 Å². The molecule has 0 amide bonds. The van der Waals surface area contributed by atoms with E-state index in [4.69, 9.17) is 9.31 Å². The third-order valence-corrected chi connectivity index (χ3v) is 5.48.